The minimum atomic E-state index is -0.970. The fourth-order valence-electron chi connectivity index (χ4n) is 1.86. The molecule has 0 radical (unpaired) electrons. The third-order valence-corrected chi connectivity index (χ3v) is 2.70. The first-order valence-corrected chi connectivity index (χ1v) is 4.99. The molecule has 16 heavy (non-hydrogen) atoms. The molecule has 1 N–H and O–H groups in total. The van der Waals surface area contributed by atoms with Crippen molar-refractivity contribution < 1.29 is 28.8 Å². The molecule has 6 nitrogen and oxygen atoms in total. The average Bonchev–Trinajstić information content (AvgIpc) is 2.27. The standard InChI is InChI=1S/C10H18O6/c1-5(11)7-8(13-2)6(12)9(14-3)10(15-4)16-7/h6-10,12H,1-4H3. The van der Waals surface area contributed by atoms with Gasteiger partial charge in [0.1, 0.15) is 24.4 Å². The van der Waals surface area contributed by atoms with E-state index in [1.54, 1.807) is 0 Å². The van der Waals surface area contributed by atoms with Crippen molar-refractivity contribution in [3.8, 4) is 0 Å². The van der Waals surface area contributed by atoms with E-state index in [1.807, 2.05) is 0 Å². The van der Waals surface area contributed by atoms with E-state index in [2.05, 4.69) is 0 Å². The van der Waals surface area contributed by atoms with Crippen LogP contribution in [0.3, 0.4) is 0 Å². The summed E-state index contributed by atoms with van der Waals surface area (Å²) in [6.07, 6.45) is -4.00. The Bertz CT molecular complexity index is 243. The molecular weight excluding hydrogens is 216 g/mol. The van der Waals surface area contributed by atoms with Gasteiger partial charge >= 0.3 is 0 Å². The van der Waals surface area contributed by atoms with E-state index in [9.17, 15) is 9.90 Å². The number of Topliss-reactive ketones (excluding diaryl/α,β-unsaturated/α-hetero) is 1. The second-order valence-electron chi connectivity index (χ2n) is 3.66. The first-order chi connectivity index (χ1) is 7.56. The monoisotopic (exact) mass is 234 g/mol. The lowest BCUT2D eigenvalue weighted by molar-refractivity contribution is -0.291. The van der Waals surface area contributed by atoms with Gasteiger partial charge in [0.2, 0.25) is 0 Å². The van der Waals surface area contributed by atoms with E-state index < -0.39 is 30.7 Å². The van der Waals surface area contributed by atoms with Crippen LogP contribution in [0.5, 0.6) is 0 Å². The molecule has 0 aliphatic carbocycles. The molecule has 5 atom stereocenters. The molecule has 0 spiro atoms. The smallest absolute Gasteiger partial charge is 0.187 e. The van der Waals surface area contributed by atoms with E-state index in [-0.39, 0.29) is 5.78 Å². The maximum absolute atomic E-state index is 11.4. The van der Waals surface area contributed by atoms with Crippen LogP contribution < -0.4 is 0 Å². The molecule has 94 valence electrons. The molecule has 1 fully saturated rings. The number of methoxy groups -OCH3 is 3. The Morgan fingerprint density at radius 3 is 2.06 bits per heavy atom. The Morgan fingerprint density at radius 2 is 1.69 bits per heavy atom. The van der Waals surface area contributed by atoms with Crippen molar-refractivity contribution in [1.82, 2.24) is 0 Å². The van der Waals surface area contributed by atoms with Crippen molar-refractivity contribution in [3.05, 3.63) is 0 Å². The molecule has 1 saturated heterocycles. The van der Waals surface area contributed by atoms with Crippen LogP contribution in [0.4, 0.5) is 0 Å². The van der Waals surface area contributed by atoms with Gasteiger partial charge < -0.3 is 24.1 Å². The number of hydrogen-bond acceptors (Lipinski definition) is 6. The van der Waals surface area contributed by atoms with Gasteiger partial charge in [-0.25, -0.2) is 0 Å². The minimum absolute atomic E-state index is 0.220. The van der Waals surface area contributed by atoms with Crippen molar-refractivity contribution in [2.75, 3.05) is 21.3 Å². The number of ketones is 1. The lowest BCUT2D eigenvalue weighted by Gasteiger charge is -2.41. The number of carbonyl (C=O) groups is 1. The molecule has 0 aromatic heterocycles. The summed E-state index contributed by atoms with van der Waals surface area (Å²) in [5.74, 6) is -0.220. The summed E-state index contributed by atoms with van der Waals surface area (Å²) in [7, 11) is 4.27. The molecule has 6 heteroatoms. The van der Waals surface area contributed by atoms with Gasteiger partial charge in [0.25, 0.3) is 0 Å². The maximum atomic E-state index is 11.4. The zero-order chi connectivity index (χ0) is 12.3. The molecule has 5 unspecified atom stereocenters. The summed E-state index contributed by atoms with van der Waals surface area (Å²) in [4.78, 5) is 11.4. The third-order valence-electron chi connectivity index (χ3n) is 2.70. The summed E-state index contributed by atoms with van der Waals surface area (Å²) in [5, 5.41) is 9.99. The van der Waals surface area contributed by atoms with Gasteiger partial charge in [-0.15, -0.1) is 0 Å². The van der Waals surface area contributed by atoms with Gasteiger partial charge in [0, 0.05) is 21.3 Å². The number of aliphatic hydroxyl groups is 1. The molecule has 1 heterocycles. The Kier molecular flexibility index (Phi) is 4.82. The number of hydrogen-bond donors (Lipinski definition) is 1. The Hall–Kier alpha value is -0.530. The Labute approximate surface area is 94.4 Å². The first-order valence-electron chi connectivity index (χ1n) is 4.99. The molecule has 0 saturated carbocycles. The van der Waals surface area contributed by atoms with Gasteiger partial charge in [-0.3, -0.25) is 4.79 Å². The van der Waals surface area contributed by atoms with E-state index in [1.165, 1.54) is 28.3 Å². The van der Waals surface area contributed by atoms with Crippen LogP contribution in [0.1, 0.15) is 6.92 Å². The second-order valence-corrected chi connectivity index (χ2v) is 3.66. The summed E-state index contributed by atoms with van der Waals surface area (Å²) in [6, 6.07) is 0. The van der Waals surface area contributed by atoms with Gasteiger partial charge in [-0.2, -0.15) is 0 Å². The number of rotatable bonds is 4. The quantitative estimate of drug-likeness (QED) is 0.696. The van der Waals surface area contributed by atoms with Crippen LogP contribution in [0, 0.1) is 0 Å². The zero-order valence-corrected chi connectivity index (χ0v) is 9.88. The van der Waals surface area contributed by atoms with Crippen LogP contribution in [0.25, 0.3) is 0 Å². The van der Waals surface area contributed by atoms with Crippen LogP contribution >= 0.6 is 0 Å². The van der Waals surface area contributed by atoms with Crippen LogP contribution in [0.15, 0.2) is 0 Å². The number of ether oxygens (including phenoxy) is 4. The van der Waals surface area contributed by atoms with Gasteiger partial charge in [0.15, 0.2) is 12.1 Å². The normalized spacial score (nSPS) is 39.7. The topological polar surface area (TPSA) is 74.2 Å². The second kappa shape index (κ2) is 5.70. The maximum Gasteiger partial charge on any atom is 0.187 e. The highest BCUT2D eigenvalue weighted by atomic mass is 16.7. The van der Waals surface area contributed by atoms with Gasteiger partial charge in [-0.05, 0) is 6.92 Å². The summed E-state index contributed by atoms with van der Waals surface area (Å²) >= 11 is 0. The molecule has 1 aliphatic heterocycles. The lowest BCUT2D eigenvalue weighted by Crippen LogP contribution is -2.61. The van der Waals surface area contributed by atoms with Crippen molar-refractivity contribution >= 4 is 5.78 Å². The number of aliphatic hydroxyl groups excluding tert-OH is 1. The zero-order valence-electron chi connectivity index (χ0n) is 9.88. The van der Waals surface area contributed by atoms with Crippen molar-refractivity contribution in [1.29, 1.82) is 0 Å². The van der Waals surface area contributed by atoms with E-state index >= 15 is 0 Å². The minimum Gasteiger partial charge on any atom is -0.387 e. The highest BCUT2D eigenvalue weighted by Gasteiger charge is 2.47. The Balaban J connectivity index is 2.88. The van der Waals surface area contributed by atoms with Gasteiger partial charge in [0.05, 0.1) is 0 Å². The molecule has 0 aromatic carbocycles. The molecule has 1 rings (SSSR count). The van der Waals surface area contributed by atoms with Gasteiger partial charge in [-0.1, -0.05) is 0 Å². The molecule has 0 amide bonds. The SMILES string of the molecule is COC1OC(C(C)=O)C(OC)C(O)C1OC. The van der Waals surface area contributed by atoms with E-state index in [4.69, 9.17) is 18.9 Å². The predicted octanol–water partition coefficient (Wildman–Crippen LogP) is -0.662. The highest BCUT2D eigenvalue weighted by Crippen LogP contribution is 2.25. The Morgan fingerprint density at radius 1 is 1.12 bits per heavy atom. The molecular formula is C10H18O6. The molecule has 1 aliphatic rings. The first kappa shape index (κ1) is 13.5. The summed E-state index contributed by atoms with van der Waals surface area (Å²) in [5.41, 5.74) is 0. The molecule has 0 bridgehead atoms. The summed E-state index contributed by atoms with van der Waals surface area (Å²) < 4.78 is 20.6. The fourth-order valence-corrected chi connectivity index (χ4v) is 1.86. The van der Waals surface area contributed by atoms with E-state index in [0.29, 0.717) is 0 Å². The van der Waals surface area contributed by atoms with Crippen molar-refractivity contribution in [2.45, 2.75) is 37.6 Å². The largest absolute Gasteiger partial charge is 0.387 e. The van der Waals surface area contributed by atoms with Crippen molar-refractivity contribution in [3.63, 3.8) is 0 Å². The van der Waals surface area contributed by atoms with Crippen molar-refractivity contribution in [2.24, 2.45) is 0 Å². The predicted molar refractivity (Wildman–Crippen MR) is 54.0 cm³/mol. The average molecular weight is 234 g/mol. The number of carbonyl (C=O) groups excluding carboxylic acids is 1. The lowest BCUT2D eigenvalue weighted by atomic mass is 9.96. The van der Waals surface area contributed by atoms with E-state index in [0.717, 1.165) is 0 Å². The summed E-state index contributed by atoms with van der Waals surface area (Å²) in [6.45, 7) is 1.38. The van der Waals surface area contributed by atoms with Crippen LogP contribution in [0.2, 0.25) is 0 Å². The van der Waals surface area contributed by atoms with Crippen LogP contribution in [-0.2, 0) is 23.7 Å². The third kappa shape index (κ3) is 2.41. The fraction of sp³-hybridized carbons (Fsp3) is 0.900. The highest BCUT2D eigenvalue weighted by molar-refractivity contribution is 5.81. The molecule has 0 aromatic rings. The van der Waals surface area contributed by atoms with Crippen LogP contribution in [-0.4, -0.2) is 62.9 Å².